The van der Waals surface area contributed by atoms with Gasteiger partial charge >= 0.3 is 0 Å². The molecule has 2 rings (SSSR count). The minimum atomic E-state index is -0.452. The van der Waals surface area contributed by atoms with E-state index in [-0.39, 0.29) is 17.0 Å². The summed E-state index contributed by atoms with van der Waals surface area (Å²) in [6.07, 6.45) is 2.97. The smallest absolute Gasteiger partial charge is 0.230 e. The number of ether oxygens (including phenoxy) is 1. The summed E-state index contributed by atoms with van der Waals surface area (Å²) in [6, 6.07) is 11.8. The number of hydrogen-bond donors (Lipinski definition) is 0. The number of ketones is 1. The maximum absolute atomic E-state index is 12.5. The second-order valence-electron chi connectivity index (χ2n) is 4.86. The third kappa shape index (κ3) is 4.31. The number of nitriles is 1. The Morgan fingerprint density at radius 1 is 1.35 bits per heavy atom. The van der Waals surface area contributed by atoms with E-state index in [0.717, 1.165) is 0 Å². The van der Waals surface area contributed by atoms with Crippen molar-refractivity contribution in [1.82, 2.24) is 9.88 Å². The monoisotopic (exact) mass is 327 g/mol. The zero-order valence-corrected chi connectivity index (χ0v) is 13.4. The van der Waals surface area contributed by atoms with Crippen molar-refractivity contribution in [2.24, 2.45) is 0 Å². The Balaban J connectivity index is 2.38. The number of rotatable bonds is 5. The van der Waals surface area contributed by atoms with E-state index in [4.69, 9.17) is 16.3 Å². The second kappa shape index (κ2) is 7.43. The predicted molar refractivity (Wildman–Crippen MR) is 87.5 cm³/mol. The maximum Gasteiger partial charge on any atom is 0.230 e. The third-order valence-corrected chi connectivity index (χ3v) is 3.01. The quantitative estimate of drug-likeness (QED) is 0.476. The minimum absolute atomic E-state index is 0.000978. The number of Topliss-reactive ketones (excluding diaryl/α,β-unsaturated/α-hetero) is 1. The van der Waals surface area contributed by atoms with Gasteiger partial charge in [-0.2, -0.15) is 5.26 Å². The number of halogens is 1. The maximum atomic E-state index is 12.5. The third-order valence-electron chi connectivity index (χ3n) is 2.78. The summed E-state index contributed by atoms with van der Waals surface area (Å²) in [5.74, 6) is 0.131. The topological polar surface area (TPSA) is 66.2 Å². The molecule has 1 aromatic carbocycles. The molecule has 116 valence electrons. The first-order chi connectivity index (χ1) is 11.0. The molecular formula is C17H14ClN3O2. The van der Waals surface area contributed by atoms with Crippen LogP contribution in [-0.4, -0.2) is 29.8 Å². The van der Waals surface area contributed by atoms with Crippen molar-refractivity contribution in [2.45, 2.75) is 0 Å². The SMILES string of the molecule is CN(C)C=C(C#N)C(=O)c1cccnc1Oc1cccc(Cl)c1. The predicted octanol–water partition coefficient (Wildman–Crippen LogP) is 3.68. The van der Waals surface area contributed by atoms with Crippen LogP contribution in [0.15, 0.2) is 54.4 Å². The molecule has 0 unspecified atom stereocenters. The molecule has 0 atom stereocenters. The van der Waals surface area contributed by atoms with E-state index in [1.54, 1.807) is 55.4 Å². The number of carbonyl (C=O) groups is 1. The molecular weight excluding hydrogens is 314 g/mol. The van der Waals surface area contributed by atoms with Crippen molar-refractivity contribution in [3.8, 4) is 17.7 Å². The van der Waals surface area contributed by atoms with E-state index < -0.39 is 5.78 Å². The molecule has 0 aliphatic heterocycles. The van der Waals surface area contributed by atoms with Crippen LogP contribution in [0.25, 0.3) is 0 Å². The van der Waals surface area contributed by atoms with Gasteiger partial charge in [-0.25, -0.2) is 4.98 Å². The lowest BCUT2D eigenvalue weighted by Gasteiger charge is -2.10. The van der Waals surface area contributed by atoms with Crippen molar-refractivity contribution < 1.29 is 9.53 Å². The van der Waals surface area contributed by atoms with Crippen LogP contribution in [0.1, 0.15) is 10.4 Å². The van der Waals surface area contributed by atoms with Gasteiger partial charge in [0.25, 0.3) is 0 Å². The average molecular weight is 328 g/mol. The Labute approximate surface area is 139 Å². The van der Waals surface area contributed by atoms with Crippen LogP contribution in [-0.2, 0) is 0 Å². The van der Waals surface area contributed by atoms with Crippen LogP contribution in [0.2, 0.25) is 5.02 Å². The van der Waals surface area contributed by atoms with Gasteiger partial charge in [0, 0.05) is 31.5 Å². The Morgan fingerprint density at radius 3 is 2.78 bits per heavy atom. The average Bonchev–Trinajstić information content (AvgIpc) is 2.52. The molecule has 0 radical (unpaired) electrons. The lowest BCUT2D eigenvalue weighted by molar-refractivity contribution is 0.103. The molecule has 1 aromatic heterocycles. The molecule has 0 saturated heterocycles. The summed E-state index contributed by atoms with van der Waals surface area (Å²) >= 11 is 5.92. The number of benzene rings is 1. The zero-order valence-electron chi connectivity index (χ0n) is 12.7. The van der Waals surface area contributed by atoms with Crippen molar-refractivity contribution in [3.05, 3.63) is 65.0 Å². The van der Waals surface area contributed by atoms with Gasteiger partial charge in [-0.3, -0.25) is 4.79 Å². The van der Waals surface area contributed by atoms with Crippen LogP contribution in [0, 0.1) is 11.3 Å². The fourth-order valence-corrected chi connectivity index (χ4v) is 2.01. The zero-order chi connectivity index (χ0) is 16.8. The van der Waals surface area contributed by atoms with E-state index in [0.29, 0.717) is 10.8 Å². The summed E-state index contributed by atoms with van der Waals surface area (Å²) in [6.45, 7) is 0. The molecule has 0 aliphatic rings. The van der Waals surface area contributed by atoms with Crippen molar-refractivity contribution in [1.29, 1.82) is 5.26 Å². The highest BCUT2D eigenvalue weighted by Crippen LogP contribution is 2.26. The number of aromatic nitrogens is 1. The van der Waals surface area contributed by atoms with Gasteiger partial charge in [0.1, 0.15) is 17.4 Å². The fraction of sp³-hybridized carbons (Fsp3) is 0.118. The van der Waals surface area contributed by atoms with Gasteiger partial charge in [-0.05, 0) is 30.3 Å². The molecule has 1 heterocycles. The van der Waals surface area contributed by atoms with E-state index in [2.05, 4.69) is 4.98 Å². The number of nitrogens with zero attached hydrogens (tertiary/aromatic N) is 3. The molecule has 0 amide bonds. The molecule has 0 bridgehead atoms. The number of allylic oxidation sites excluding steroid dienone is 1. The lowest BCUT2D eigenvalue weighted by atomic mass is 10.1. The van der Waals surface area contributed by atoms with Crippen molar-refractivity contribution in [3.63, 3.8) is 0 Å². The van der Waals surface area contributed by atoms with Crippen molar-refractivity contribution in [2.75, 3.05) is 14.1 Å². The van der Waals surface area contributed by atoms with E-state index >= 15 is 0 Å². The van der Waals surface area contributed by atoms with Crippen LogP contribution in [0.4, 0.5) is 0 Å². The largest absolute Gasteiger partial charge is 0.438 e. The van der Waals surface area contributed by atoms with Gasteiger partial charge < -0.3 is 9.64 Å². The first kappa shape index (κ1) is 16.5. The summed E-state index contributed by atoms with van der Waals surface area (Å²) in [7, 11) is 3.47. The Kier molecular flexibility index (Phi) is 5.34. The standard InChI is InChI=1S/C17H14ClN3O2/c1-21(2)11-12(10-19)16(22)15-7-4-8-20-17(15)23-14-6-3-5-13(18)9-14/h3-9,11H,1-2H3. The highest BCUT2D eigenvalue weighted by molar-refractivity contribution is 6.30. The van der Waals surface area contributed by atoms with Gasteiger partial charge in [0.2, 0.25) is 11.7 Å². The van der Waals surface area contributed by atoms with Crippen LogP contribution >= 0.6 is 11.6 Å². The van der Waals surface area contributed by atoms with E-state index in [9.17, 15) is 10.1 Å². The second-order valence-corrected chi connectivity index (χ2v) is 5.30. The summed E-state index contributed by atoms with van der Waals surface area (Å²) in [4.78, 5) is 18.2. The Morgan fingerprint density at radius 2 is 2.13 bits per heavy atom. The van der Waals surface area contributed by atoms with Gasteiger partial charge in [-0.1, -0.05) is 17.7 Å². The highest BCUT2D eigenvalue weighted by Gasteiger charge is 2.18. The lowest BCUT2D eigenvalue weighted by Crippen LogP contribution is -2.10. The van der Waals surface area contributed by atoms with Crippen molar-refractivity contribution >= 4 is 17.4 Å². The molecule has 0 saturated carbocycles. The van der Waals surface area contributed by atoms with Crippen LogP contribution < -0.4 is 4.74 Å². The molecule has 0 aliphatic carbocycles. The van der Waals surface area contributed by atoms with Crippen LogP contribution in [0.3, 0.4) is 0 Å². The minimum Gasteiger partial charge on any atom is -0.438 e. The number of pyridine rings is 1. The molecule has 0 spiro atoms. The molecule has 5 nitrogen and oxygen atoms in total. The van der Waals surface area contributed by atoms with Gasteiger partial charge in [-0.15, -0.1) is 0 Å². The molecule has 2 aromatic rings. The van der Waals surface area contributed by atoms with E-state index in [1.165, 1.54) is 12.4 Å². The first-order valence-corrected chi connectivity index (χ1v) is 7.10. The molecule has 6 heteroatoms. The van der Waals surface area contributed by atoms with Gasteiger partial charge in [0.05, 0.1) is 5.56 Å². The van der Waals surface area contributed by atoms with Crippen LogP contribution in [0.5, 0.6) is 11.6 Å². The summed E-state index contributed by atoms with van der Waals surface area (Å²) in [5, 5.41) is 9.69. The number of carbonyl (C=O) groups excluding carboxylic acids is 1. The summed E-state index contributed by atoms with van der Waals surface area (Å²) in [5.41, 5.74) is 0.209. The normalized spacial score (nSPS) is 10.8. The molecule has 0 N–H and O–H groups in total. The number of hydrogen-bond acceptors (Lipinski definition) is 5. The van der Waals surface area contributed by atoms with E-state index in [1.807, 2.05) is 6.07 Å². The summed E-state index contributed by atoms with van der Waals surface area (Å²) < 4.78 is 5.64. The fourth-order valence-electron chi connectivity index (χ4n) is 1.83. The highest BCUT2D eigenvalue weighted by atomic mass is 35.5. The van der Waals surface area contributed by atoms with Gasteiger partial charge in [0.15, 0.2) is 0 Å². The first-order valence-electron chi connectivity index (χ1n) is 6.72. The Bertz CT molecular complexity index is 794. The Hall–Kier alpha value is -2.84. The molecule has 23 heavy (non-hydrogen) atoms. The molecule has 0 fully saturated rings.